The van der Waals surface area contributed by atoms with E-state index < -0.39 is 0 Å². The highest BCUT2D eigenvalue weighted by Gasteiger charge is 2.25. The Hall–Kier alpha value is -2.68. The normalized spacial score (nSPS) is 21.0. The van der Waals surface area contributed by atoms with Gasteiger partial charge in [0.2, 0.25) is 0 Å². The molecule has 4 N–H and O–H groups in total. The third-order valence-corrected chi connectivity index (χ3v) is 7.86. The Morgan fingerprint density at radius 2 is 2.18 bits per heavy atom. The van der Waals surface area contributed by atoms with Crippen molar-refractivity contribution in [2.45, 2.75) is 38.3 Å². The van der Waals surface area contributed by atoms with Crippen molar-refractivity contribution >= 4 is 38.8 Å². The molecule has 174 valence electrons. The highest BCUT2D eigenvalue weighted by molar-refractivity contribution is 7.21. The van der Waals surface area contributed by atoms with Crippen LogP contribution in [0, 0.1) is 6.92 Å². The molecule has 1 aromatic carbocycles. The predicted molar refractivity (Wildman–Crippen MR) is 134 cm³/mol. The van der Waals surface area contributed by atoms with E-state index in [0.717, 1.165) is 61.4 Å². The van der Waals surface area contributed by atoms with Gasteiger partial charge in [-0.1, -0.05) is 6.07 Å². The SMILES string of the molecule is COC1CNCCN(c2ccc3c(c2)CC[C@@H](NC(=O)c2sc4nc(C)ccc4c2N)C3)C1. The number of aryl methyl sites for hydroxylation is 2. The molecule has 0 saturated carbocycles. The first-order chi connectivity index (χ1) is 16.0. The van der Waals surface area contributed by atoms with E-state index in [2.05, 4.69) is 38.7 Å². The summed E-state index contributed by atoms with van der Waals surface area (Å²) in [6.45, 7) is 5.66. The summed E-state index contributed by atoms with van der Waals surface area (Å²) in [6, 6.07) is 10.7. The summed E-state index contributed by atoms with van der Waals surface area (Å²) >= 11 is 1.37. The summed E-state index contributed by atoms with van der Waals surface area (Å²) in [5.74, 6) is -0.0964. The van der Waals surface area contributed by atoms with Gasteiger partial charge in [0.05, 0.1) is 11.8 Å². The fourth-order valence-electron chi connectivity index (χ4n) is 4.84. The molecule has 7 nitrogen and oxygen atoms in total. The molecule has 3 aromatic rings. The van der Waals surface area contributed by atoms with Crippen LogP contribution >= 0.6 is 11.3 Å². The van der Waals surface area contributed by atoms with Crippen LogP contribution in [0.3, 0.4) is 0 Å². The number of benzene rings is 1. The number of carbonyl (C=O) groups excluding carboxylic acids is 1. The summed E-state index contributed by atoms with van der Waals surface area (Å²) in [5.41, 5.74) is 11.7. The first-order valence-electron chi connectivity index (χ1n) is 11.6. The third kappa shape index (κ3) is 4.55. The minimum Gasteiger partial charge on any atom is -0.397 e. The number of ether oxygens (including phenoxy) is 1. The predicted octanol–water partition coefficient (Wildman–Crippen LogP) is 2.90. The quantitative estimate of drug-likeness (QED) is 0.549. The van der Waals surface area contributed by atoms with E-state index in [1.165, 1.54) is 28.2 Å². The first kappa shape index (κ1) is 22.1. The fourth-order valence-corrected chi connectivity index (χ4v) is 5.88. The van der Waals surface area contributed by atoms with E-state index in [-0.39, 0.29) is 18.1 Å². The van der Waals surface area contributed by atoms with Gasteiger partial charge >= 0.3 is 0 Å². The van der Waals surface area contributed by atoms with Crippen LogP contribution in [0.1, 0.15) is 32.9 Å². The number of hydrogen-bond acceptors (Lipinski definition) is 7. The third-order valence-electron chi connectivity index (χ3n) is 6.75. The van der Waals surface area contributed by atoms with E-state index in [4.69, 9.17) is 10.5 Å². The van der Waals surface area contributed by atoms with Crippen molar-refractivity contribution in [2.24, 2.45) is 0 Å². The molecule has 0 radical (unpaired) electrons. The number of nitrogens with one attached hydrogen (secondary N) is 2. The summed E-state index contributed by atoms with van der Waals surface area (Å²) in [4.78, 5) is 21.3. The number of aromatic nitrogens is 1. The summed E-state index contributed by atoms with van der Waals surface area (Å²) in [7, 11) is 1.78. The van der Waals surface area contributed by atoms with Crippen molar-refractivity contribution in [3.63, 3.8) is 0 Å². The van der Waals surface area contributed by atoms with Gasteiger partial charge in [-0.05, 0) is 61.6 Å². The maximum Gasteiger partial charge on any atom is 0.263 e. The van der Waals surface area contributed by atoms with Crippen LogP contribution in [0.15, 0.2) is 30.3 Å². The van der Waals surface area contributed by atoms with E-state index in [9.17, 15) is 4.79 Å². The van der Waals surface area contributed by atoms with Crippen LogP contribution in [0.5, 0.6) is 0 Å². The molecular weight excluding hydrogens is 434 g/mol. The second-order valence-electron chi connectivity index (χ2n) is 9.02. The van der Waals surface area contributed by atoms with Crippen molar-refractivity contribution in [2.75, 3.05) is 43.9 Å². The van der Waals surface area contributed by atoms with Gasteiger partial charge in [-0.3, -0.25) is 4.79 Å². The standard InChI is InChI=1S/C25H31N5O2S/c1-15-3-8-21-22(26)23(33-25(21)28-15)24(31)29-18-6-4-17-12-19(7-5-16(17)11-18)30-10-9-27-13-20(14-30)32-2/h3,5,7-8,12,18,20,27H,4,6,9-11,13-14,26H2,1-2H3,(H,29,31)/t18-,20?/m1/s1. The number of methoxy groups -OCH3 is 1. The number of thiophene rings is 1. The van der Waals surface area contributed by atoms with Crippen molar-refractivity contribution in [1.29, 1.82) is 0 Å². The monoisotopic (exact) mass is 465 g/mol. The number of nitrogens with two attached hydrogens (primary N) is 1. The Balaban J connectivity index is 1.28. The average molecular weight is 466 g/mol. The van der Waals surface area contributed by atoms with E-state index in [0.29, 0.717) is 10.6 Å². The van der Waals surface area contributed by atoms with Gasteiger partial charge < -0.3 is 26.0 Å². The molecular formula is C25H31N5O2S. The largest absolute Gasteiger partial charge is 0.397 e. The lowest BCUT2D eigenvalue weighted by Gasteiger charge is -2.29. The summed E-state index contributed by atoms with van der Waals surface area (Å²) in [5, 5.41) is 7.52. The number of rotatable bonds is 4. The lowest BCUT2D eigenvalue weighted by Crippen LogP contribution is -2.39. The van der Waals surface area contributed by atoms with Crippen LogP contribution in [0.25, 0.3) is 10.2 Å². The number of nitrogens with zero attached hydrogens (tertiary/aromatic N) is 2. The molecule has 33 heavy (non-hydrogen) atoms. The zero-order chi connectivity index (χ0) is 22.9. The Labute approximate surface area is 198 Å². The molecule has 1 unspecified atom stereocenters. The van der Waals surface area contributed by atoms with Gasteiger partial charge in [0.1, 0.15) is 9.71 Å². The van der Waals surface area contributed by atoms with Gasteiger partial charge in [-0.25, -0.2) is 4.98 Å². The molecule has 1 amide bonds. The Morgan fingerprint density at radius 3 is 3.03 bits per heavy atom. The maximum absolute atomic E-state index is 13.0. The minimum absolute atomic E-state index is 0.0964. The lowest BCUT2D eigenvalue weighted by atomic mass is 9.87. The number of carbonyl (C=O) groups is 1. The average Bonchev–Trinajstić information content (AvgIpc) is 2.98. The van der Waals surface area contributed by atoms with Crippen molar-refractivity contribution in [3.05, 3.63) is 52.0 Å². The molecule has 8 heteroatoms. The Bertz CT molecular complexity index is 1180. The number of pyridine rings is 1. The smallest absolute Gasteiger partial charge is 0.263 e. The van der Waals surface area contributed by atoms with Gasteiger partial charge in [0.25, 0.3) is 5.91 Å². The molecule has 1 fully saturated rings. The van der Waals surface area contributed by atoms with Gasteiger partial charge in [-0.2, -0.15) is 0 Å². The van der Waals surface area contributed by atoms with Crippen LogP contribution in [0.4, 0.5) is 11.4 Å². The number of anilines is 2. The Morgan fingerprint density at radius 1 is 1.30 bits per heavy atom. The van der Waals surface area contributed by atoms with Crippen LogP contribution < -0.4 is 21.3 Å². The molecule has 5 rings (SSSR count). The summed E-state index contributed by atoms with van der Waals surface area (Å²) < 4.78 is 5.60. The van der Waals surface area contributed by atoms with Crippen molar-refractivity contribution < 1.29 is 9.53 Å². The van der Waals surface area contributed by atoms with Gasteiger partial charge in [-0.15, -0.1) is 11.3 Å². The summed E-state index contributed by atoms with van der Waals surface area (Å²) in [6.07, 6.45) is 2.91. The highest BCUT2D eigenvalue weighted by atomic mass is 32.1. The zero-order valence-corrected chi connectivity index (χ0v) is 20.0. The molecule has 2 aliphatic rings. The molecule has 0 spiro atoms. The van der Waals surface area contributed by atoms with E-state index >= 15 is 0 Å². The molecule has 2 atom stereocenters. The van der Waals surface area contributed by atoms with Crippen LogP contribution in [0.2, 0.25) is 0 Å². The molecule has 3 heterocycles. The van der Waals surface area contributed by atoms with Crippen LogP contribution in [-0.2, 0) is 17.6 Å². The van der Waals surface area contributed by atoms with Crippen molar-refractivity contribution in [1.82, 2.24) is 15.6 Å². The molecule has 1 aliphatic heterocycles. The van der Waals surface area contributed by atoms with Gasteiger partial charge in [0.15, 0.2) is 0 Å². The van der Waals surface area contributed by atoms with E-state index in [1.54, 1.807) is 7.11 Å². The Kier molecular flexibility index (Phi) is 6.23. The number of fused-ring (bicyclic) bond motifs is 2. The fraction of sp³-hybridized carbons (Fsp3) is 0.440. The molecule has 1 saturated heterocycles. The highest BCUT2D eigenvalue weighted by Crippen LogP contribution is 2.33. The second-order valence-corrected chi connectivity index (χ2v) is 10.0. The van der Waals surface area contributed by atoms with Crippen LogP contribution in [-0.4, -0.2) is 56.3 Å². The number of amides is 1. The molecule has 2 aromatic heterocycles. The first-order valence-corrected chi connectivity index (χ1v) is 12.4. The second kappa shape index (κ2) is 9.29. The minimum atomic E-state index is -0.0964. The maximum atomic E-state index is 13.0. The molecule has 0 bridgehead atoms. The zero-order valence-electron chi connectivity index (χ0n) is 19.2. The lowest BCUT2D eigenvalue weighted by molar-refractivity contribution is 0.0938. The number of hydrogen-bond donors (Lipinski definition) is 3. The molecule has 1 aliphatic carbocycles. The number of nitrogen functional groups attached to an aromatic ring is 1. The van der Waals surface area contributed by atoms with E-state index in [1.807, 2.05) is 19.1 Å². The van der Waals surface area contributed by atoms with Crippen molar-refractivity contribution in [3.8, 4) is 0 Å². The topological polar surface area (TPSA) is 92.5 Å². The van der Waals surface area contributed by atoms with Gasteiger partial charge in [0, 0.05) is 56.1 Å².